The zero-order chi connectivity index (χ0) is 10.7. The van der Waals surface area contributed by atoms with Crippen molar-refractivity contribution in [2.45, 2.75) is 44.2 Å². The second-order valence-corrected chi connectivity index (χ2v) is 4.39. The van der Waals surface area contributed by atoms with E-state index in [0.717, 1.165) is 37.8 Å². The first kappa shape index (κ1) is 10.8. The van der Waals surface area contributed by atoms with Gasteiger partial charge in [-0.2, -0.15) is 0 Å². The number of Topliss-reactive ketones (excluding diaryl/α,β-unsaturated/α-hetero) is 1. The van der Waals surface area contributed by atoms with Crippen LogP contribution in [0.5, 0.6) is 0 Å². The SMILES string of the molecule is COC1CNC(C(=O)C2=CCCCC2)C1. The van der Waals surface area contributed by atoms with Crippen LogP contribution in [0.1, 0.15) is 32.1 Å². The van der Waals surface area contributed by atoms with Crippen LogP contribution < -0.4 is 5.32 Å². The Morgan fingerprint density at radius 1 is 1.53 bits per heavy atom. The summed E-state index contributed by atoms with van der Waals surface area (Å²) in [6, 6.07) is -0.000648. The van der Waals surface area contributed by atoms with Crippen LogP contribution in [-0.2, 0) is 9.53 Å². The molecule has 0 aromatic carbocycles. The number of methoxy groups -OCH3 is 1. The van der Waals surface area contributed by atoms with Crippen LogP contribution in [0.15, 0.2) is 11.6 Å². The Kier molecular flexibility index (Phi) is 3.54. The number of carbonyl (C=O) groups excluding carboxylic acids is 1. The zero-order valence-electron chi connectivity index (χ0n) is 9.29. The molecule has 0 radical (unpaired) electrons. The van der Waals surface area contributed by atoms with Crippen molar-refractivity contribution in [3.63, 3.8) is 0 Å². The highest BCUT2D eigenvalue weighted by atomic mass is 16.5. The largest absolute Gasteiger partial charge is 0.380 e. The molecule has 0 saturated carbocycles. The molecule has 2 unspecified atom stereocenters. The van der Waals surface area contributed by atoms with E-state index in [1.54, 1.807) is 7.11 Å². The van der Waals surface area contributed by atoms with Crippen LogP contribution in [0, 0.1) is 0 Å². The third-order valence-electron chi connectivity index (χ3n) is 3.35. The summed E-state index contributed by atoms with van der Waals surface area (Å²) in [5.41, 5.74) is 1.04. The maximum Gasteiger partial charge on any atom is 0.175 e. The molecular weight excluding hydrogens is 190 g/mol. The van der Waals surface area contributed by atoms with E-state index in [1.165, 1.54) is 6.42 Å². The summed E-state index contributed by atoms with van der Waals surface area (Å²) in [5.74, 6) is 0.300. The van der Waals surface area contributed by atoms with E-state index in [2.05, 4.69) is 11.4 Å². The van der Waals surface area contributed by atoms with E-state index in [4.69, 9.17) is 4.74 Å². The second kappa shape index (κ2) is 4.90. The molecule has 2 rings (SSSR count). The number of ketones is 1. The summed E-state index contributed by atoms with van der Waals surface area (Å²) in [7, 11) is 1.71. The number of nitrogens with one attached hydrogen (secondary N) is 1. The van der Waals surface area contributed by atoms with Crippen LogP contribution >= 0.6 is 0 Å². The molecule has 1 heterocycles. The number of allylic oxidation sites excluding steroid dienone is 1. The molecule has 2 aliphatic rings. The lowest BCUT2D eigenvalue weighted by Gasteiger charge is -2.15. The molecule has 1 fully saturated rings. The van der Waals surface area contributed by atoms with Crippen LogP contribution in [0.3, 0.4) is 0 Å². The third kappa shape index (κ3) is 2.47. The van der Waals surface area contributed by atoms with Gasteiger partial charge in [-0.25, -0.2) is 0 Å². The smallest absolute Gasteiger partial charge is 0.175 e. The maximum absolute atomic E-state index is 12.1. The Morgan fingerprint density at radius 3 is 3.00 bits per heavy atom. The Hall–Kier alpha value is -0.670. The topological polar surface area (TPSA) is 38.3 Å². The number of rotatable bonds is 3. The van der Waals surface area contributed by atoms with Gasteiger partial charge in [-0.05, 0) is 37.7 Å². The molecule has 3 nitrogen and oxygen atoms in total. The molecule has 0 bridgehead atoms. The third-order valence-corrected chi connectivity index (χ3v) is 3.35. The van der Waals surface area contributed by atoms with Gasteiger partial charge in [-0.15, -0.1) is 0 Å². The van der Waals surface area contributed by atoms with Crippen molar-refractivity contribution in [2.24, 2.45) is 0 Å². The molecule has 2 atom stereocenters. The van der Waals surface area contributed by atoms with E-state index < -0.39 is 0 Å². The molecule has 84 valence electrons. The van der Waals surface area contributed by atoms with Gasteiger partial charge in [0.2, 0.25) is 0 Å². The van der Waals surface area contributed by atoms with Crippen molar-refractivity contribution >= 4 is 5.78 Å². The predicted octanol–water partition coefficient (Wildman–Crippen LogP) is 1.43. The molecule has 0 amide bonds. The van der Waals surface area contributed by atoms with Crippen LogP contribution in [0.2, 0.25) is 0 Å². The average Bonchev–Trinajstić information content (AvgIpc) is 2.78. The van der Waals surface area contributed by atoms with Gasteiger partial charge in [0.15, 0.2) is 5.78 Å². The van der Waals surface area contributed by atoms with Crippen molar-refractivity contribution in [2.75, 3.05) is 13.7 Å². The van der Waals surface area contributed by atoms with Gasteiger partial charge in [-0.1, -0.05) is 6.08 Å². The molecule has 1 aliphatic heterocycles. The molecular formula is C12H19NO2. The number of ether oxygens (including phenoxy) is 1. The first-order chi connectivity index (χ1) is 7.31. The standard InChI is InChI=1S/C12H19NO2/c1-15-10-7-11(13-8-10)12(14)9-5-3-2-4-6-9/h5,10-11,13H,2-4,6-8H2,1H3. The van der Waals surface area contributed by atoms with Crippen molar-refractivity contribution in [1.82, 2.24) is 5.32 Å². The molecule has 0 spiro atoms. The van der Waals surface area contributed by atoms with Crippen molar-refractivity contribution in [1.29, 1.82) is 0 Å². The van der Waals surface area contributed by atoms with Crippen LogP contribution in [0.4, 0.5) is 0 Å². The van der Waals surface area contributed by atoms with Gasteiger partial charge < -0.3 is 10.1 Å². The van der Waals surface area contributed by atoms with Gasteiger partial charge in [0, 0.05) is 13.7 Å². The van der Waals surface area contributed by atoms with E-state index >= 15 is 0 Å². The summed E-state index contributed by atoms with van der Waals surface area (Å²) in [6.45, 7) is 0.806. The Balaban J connectivity index is 1.93. The average molecular weight is 209 g/mol. The van der Waals surface area contributed by atoms with Gasteiger partial charge >= 0.3 is 0 Å². The van der Waals surface area contributed by atoms with Crippen molar-refractivity contribution in [3.05, 3.63) is 11.6 Å². The molecule has 1 aliphatic carbocycles. The van der Waals surface area contributed by atoms with E-state index in [0.29, 0.717) is 5.78 Å². The predicted molar refractivity (Wildman–Crippen MR) is 58.8 cm³/mol. The minimum atomic E-state index is -0.000648. The Bertz CT molecular complexity index is 273. The summed E-state index contributed by atoms with van der Waals surface area (Å²) in [6.07, 6.45) is 7.59. The molecule has 3 heteroatoms. The van der Waals surface area contributed by atoms with Gasteiger partial charge in [0.1, 0.15) is 0 Å². The van der Waals surface area contributed by atoms with E-state index in [-0.39, 0.29) is 12.1 Å². The van der Waals surface area contributed by atoms with E-state index in [9.17, 15) is 4.79 Å². The van der Waals surface area contributed by atoms with Gasteiger partial charge in [-0.3, -0.25) is 4.79 Å². The zero-order valence-corrected chi connectivity index (χ0v) is 9.29. The van der Waals surface area contributed by atoms with Crippen molar-refractivity contribution < 1.29 is 9.53 Å². The van der Waals surface area contributed by atoms with Crippen LogP contribution in [-0.4, -0.2) is 31.6 Å². The first-order valence-corrected chi connectivity index (χ1v) is 5.80. The number of hydrogen-bond acceptors (Lipinski definition) is 3. The molecule has 1 N–H and O–H groups in total. The van der Waals surface area contributed by atoms with Gasteiger partial charge in [0.05, 0.1) is 12.1 Å². The lowest BCUT2D eigenvalue weighted by atomic mass is 9.92. The molecule has 0 aromatic heterocycles. The summed E-state index contributed by atoms with van der Waals surface area (Å²) in [5, 5.41) is 3.24. The molecule has 0 aromatic rings. The highest BCUT2D eigenvalue weighted by molar-refractivity contribution is 5.99. The molecule has 15 heavy (non-hydrogen) atoms. The number of carbonyl (C=O) groups is 1. The first-order valence-electron chi connectivity index (χ1n) is 5.80. The normalized spacial score (nSPS) is 31.4. The fourth-order valence-electron chi connectivity index (χ4n) is 2.37. The molecule has 1 saturated heterocycles. The van der Waals surface area contributed by atoms with E-state index in [1.807, 2.05) is 0 Å². The fourth-order valence-corrected chi connectivity index (χ4v) is 2.37. The minimum Gasteiger partial charge on any atom is -0.380 e. The monoisotopic (exact) mass is 209 g/mol. The lowest BCUT2D eigenvalue weighted by molar-refractivity contribution is -0.117. The highest BCUT2D eigenvalue weighted by Crippen LogP contribution is 2.22. The summed E-state index contributed by atoms with van der Waals surface area (Å²) >= 11 is 0. The minimum absolute atomic E-state index is 0.000648. The van der Waals surface area contributed by atoms with Crippen molar-refractivity contribution in [3.8, 4) is 0 Å². The summed E-state index contributed by atoms with van der Waals surface area (Å²) < 4.78 is 5.24. The number of hydrogen-bond donors (Lipinski definition) is 1. The van der Waals surface area contributed by atoms with Gasteiger partial charge in [0.25, 0.3) is 0 Å². The lowest BCUT2D eigenvalue weighted by Crippen LogP contribution is -2.32. The van der Waals surface area contributed by atoms with Crippen LogP contribution in [0.25, 0.3) is 0 Å². The Labute approximate surface area is 90.9 Å². The maximum atomic E-state index is 12.1. The quantitative estimate of drug-likeness (QED) is 0.764. The Morgan fingerprint density at radius 2 is 2.40 bits per heavy atom. The summed E-state index contributed by atoms with van der Waals surface area (Å²) in [4.78, 5) is 12.1. The second-order valence-electron chi connectivity index (χ2n) is 4.39. The fraction of sp³-hybridized carbons (Fsp3) is 0.750. The highest BCUT2D eigenvalue weighted by Gasteiger charge is 2.30.